The second kappa shape index (κ2) is 11.8. The van der Waals surface area contributed by atoms with Gasteiger partial charge in [0.05, 0.1) is 16.0 Å². The summed E-state index contributed by atoms with van der Waals surface area (Å²) in [5, 5.41) is 24.5. The predicted octanol–water partition coefficient (Wildman–Crippen LogP) is 3.23. The van der Waals surface area contributed by atoms with Crippen molar-refractivity contribution < 1.29 is 24.0 Å². The molecule has 0 bridgehead atoms. The van der Waals surface area contributed by atoms with E-state index in [1.165, 1.54) is 12.1 Å². The van der Waals surface area contributed by atoms with Crippen LogP contribution in [0.1, 0.15) is 36.2 Å². The SMILES string of the molecule is CC(C)C[C@H](NC(=O)C(Cc1ccccc1)NC(=O)c1cc(Br)cc(F)c1Br)B(O)O. The molecule has 2 atom stereocenters. The average molecular weight is 558 g/mol. The van der Waals surface area contributed by atoms with E-state index >= 15 is 0 Å². The number of nitrogens with one attached hydrogen (secondary N) is 2. The molecule has 0 aliphatic heterocycles. The highest BCUT2D eigenvalue weighted by molar-refractivity contribution is 9.11. The van der Waals surface area contributed by atoms with Gasteiger partial charge in [-0.25, -0.2) is 4.39 Å². The number of carbonyl (C=O) groups excluding carboxylic acids is 2. The second-order valence-corrected chi connectivity index (χ2v) is 9.33. The van der Waals surface area contributed by atoms with E-state index in [1.807, 2.05) is 44.2 Å². The molecule has 2 rings (SSSR count). The first-order chi connectivity index (χ1) is 14.6. The summed E-state index contributed by atoms with van der Waals surface area (Å²) < 4.78 is 14.4. The molecule has 0 saturated carbocycles. The topological polar surface area (TPSA) is 98.7 Å². The fourth-order valence-corrected chi connectivity index (χ4v) is 3.90. The van der Waals surface area contributed by atoms with E-state index in [9.17, 15) is 24.0 Å². The maximum Gasteiger partial charge on any atom is 0.475 e. The van der Waals surface area contributed by atoms with Crippen LogP contribution in [0.2, 0.25) is 0 Å². The number of halogens is 3. The minimum Gasteiger partial charge on any atom is -0.426 e. The molecule has 0 aliphatic rings. The van der Waals surface area contributed by atoms with Crippen LogP contribution in [0.15, 0.2) is 51.4 Å². The molecule has 6 nitrogen and oxygen atoms in total. The zero-order valence-electron chi connectivity index (χ0n) is 17.1. The first-order valence-corrected chi connectivity index (χ1v) is 11.3. The van der Waals surface area contributed by atoms with Crippen molar-refractivity contribution in [2.24, 2.45) is 5.92 Å². The summed E-state index contributed by atoms with van der Waals surface area (Å²) in [5.74, 6) is -2.62. The van der Waals surface area contributed by atoms with Crippen LogP contribution in [0.25, 0.3) is 0 Å². The first kappa shape index (κ1) is 25.5. The maximum atomic E-state index is 14.0. The lowest BCUT2D eigenvalue weighted by atomic mass is 9.75. The molecular formula is C21H24BBr2FN2O4. The molecule has 0 spiro atoms. The van der Waals surface area contributed by atoms with Gasteiger partial charge in [-0.05, 0) is 46.0 Å². The molecule has 166 valence electrons. The zero-order chi connectivity index (χ0) is 23.1. The highest BCUT2D eigenvalue weighted by atomic mass is 79.9. The van der Waals surface area contributed by atoms with Crippen molar-refractivity contribution in [2.45, 2.75) is 38.7 Å². The van der Waals surface area contributed by atoms with Gasteiger partial charge in [0.15, 0.2) is 0 Å². The predicted molar refractivity (Wildman–Crippen MR) is 125 cm³/mol. The van der Waals surface area contributed by atoms with Crippen molar-refractivity contribution in [1.29, 1.82) is 0 Å². The number of amides is 2. The fourth-order valence-electron chi connectivity index (χ4n) is 3.06. The van der Waals surface area contributed by atoms with Crippen LogP contribution in [0, 0.1) is 11.7 Å². The lowest BCUT2D eigenvalue weighted by Gasteiger charge is -2.24. The van der Waals surface area contributed by atoms with E-state index in [4.69, 9.17) is 0 Å². The average Bonchev–Trinajstić information content (AvgIpc) is 2.69. The molecular weight excluding hydrogens is 534 g/mol. The second-order valence-electron chi connectivity index (χ2n) is 7.62. The van der Waals surface area contributed by atoms with Crippen molar-refractivity contribution in [1.82, 2.24) is 10.6 Å². The number of rotatable bonds is 9. The first-order valence-electron chi connectivity index (χ1n) is 9.74. The van der Waals surface area contributed by atoms with Crippen LogP contribution in [-0.4, -0.2) is 41.0 Å². The molecule has 2 aromatic rings. The summed E-state index contributed by atoms with van der Waals surface area (Å²) in [4.78, 5) is 25.9. The number of benzene rings is 2. The van der Waals surface area contributed by atoms with Gasteiger partial charge < -0.3 is 20.7 Å². The Morgan fingerprint density at radius 1 is 1.10 bits per heavy atom. The van der Waals surface area contributed by atoms with Crippen LogP contribution >= 0.6 is 31.9 Å². The van der Waals surface area contributed by atoms with Gasteiger partial charge in [0.2, 0.25) is 5.91 Å². The van der Waals surface area contributed by atoms with Gasteiger partial charge in [-0.1, -0.05) is 60.1 Å². The highest BCUT2D eigenvalue weighted by Crippen LogP contribution is 2.25. The van der Waals surface area contributed by atoms with Crippen molar-refractivity contribution >= 4 is 50.8 Å². The third-order valence-corrected chi connectivity index (χ3v) is 5.82. The van der Waals surface area contributed by atoms with Crippen molar-refractivity contribution in [3.05, 3.63) is 68.4 Å². The van der Waals surface area contributed by atoms with Crippen LogP contribution in [0.5, 0.6) is 0 Å². The van der Waals surface area contributed by atoms with E-state index in [0.717, 1.165) is 5.56 Å². The highest BCUT2D eigenvalue weighted by Gasteiger charge is 2.30. The Kier molecular flexibility index (Phi) is 9.68. The molecule has 4 N–H and O–H groups in total. The normalized spacial score (nSPS) is 12.9. The van der Waals surface area contributed by atoms with Crippen LogP contribution < -0.4 is 10.6 Å². The zero-order valence-corrected chi connectivity index (χ0v) is 20.3. The Bertz CT molecular complexity index is 916. The molecule has 10 heteroatoms. The molecule has 0 saturated heterocycles. The number of carbonyl (C=O) groups is 2. The molecule has 2 amide bonds. The molecule has 31 heavy (non-hydrogen) atoms. The van der Waals surface area contributed by atoms with Gasteiger partial charge in [-0.15, -0.1) is 0 Å². The molecule has 2 aromatic carbocycles. The van der Waals surface area contributed by atoms with Crippen molar-refractivity contribution in [2.75, 3.05) is 0 Å². The summed E-state index contributed by atoms with van der Waals surface area (Å²) >= 11 is 6.23. The molecule has 0 fully saturated rings. The van der Waals surface area contributed by atoms with Gasteiger partial charge in [0.25, 0.3) is 5.91 Å². The third kappa shape index (κ3) is 7.71. The van der Waals surface area contributed by atoms with E-state index in [0.29, 0.717) is 10.9 Å². The summed E-state index contributed by atoms with van der Waals surface area (Å²) in [6.07, 6.45) is 0.514. The van der Waals surface area contributed by atoms with Crippen LogP contribution in [-0.2, 0) is 11.2 Å². The molecule has 0 aliphatic carbocycles. The van der Waals surface area contributed by atoms with Crippen LogP contribution in [0.4, 0.5) is 4.39 Å². The summed E-state index contributed by atoms with van der Waals surface area (Å²) in [5.41, 5.74) is 0.825. The minimum atomic E-state index is -1.74. The lowest BCUT2D eigenvalue weighted by molar-refractivity contribution is -0.123. The molecule has 0 heterocycles. The Balaban J connectivity index is 2.28. The minimum absolute atomic E-state index is 0.0180. The van der Waals surface area contributed by atoms with E-state index in [2.05, 4.69) is 42.5 Å². The molecule has 1 unspecified atom stereocenters. The number of hydrogen-bond acceptors (Lipinski definition) is 4. The fraction of sp³-hybridized carbons (Fsp3) is 0.333. The van der Waals surface area contributed by atoms with E-state index in [1.54, 1.807) is 0 Å². The monoisotopic (exact) mass is 556 g/mol. The standard InChI is InChI=1S/C21H24BBr2FN2O4/c1-12(2)8-18(22(30)31)27-21(29)17(9-13-6-4-3-5-7-13)26-20(28)15-10-14(23)11-16(25)19(15)24/h3-7,10-12,17-18,30-31H,8-9H2,1-2H3,(H,26,28)(H,27,29)/t17?,18-/m0/s1. The maximum absolute atomic E-state index is 14.0. The Hall–Kier alpha value is -1.75. The van der Waals surface area contributed by atoms with Gasteiger partial charge in [-0.3, -0.25) is 9.59 Å². The van der Waals surface area contributed by atoms with Gasteiger partial charge in [-0.2, -0.15) is 0 Å². The van der Waals surface area contributed by atoms with Gasteiger partial charge in [0.1, 0.15) is 11.9 Å². The largest absolute Gasteiger partial charge is 0.475 e. The van der Waals surface area contributed by atoms with Gasteiger partial charge in [0, 0.05) is 10.9 Å². The third-order valence-electron chi connectivity index (χ3n) is 4.55. The van der Waals surface area contributed by atoms with Crippen molar-refractivity contribution in [3.63, 3.8) is 0 Å². The summed E-state index contributed by atoms with van der Waals surface area (Å²) in [6, 6.07) is 10.7. The Labute approximate surface area is 198 Å². The van der Waals surface area contributed by atoms with Crippen LogP contribution in [0.3, 0.4) is 0 Å². The molecule has 0 aromatic heterocycles. The smallest absolute Gasteiger partial charge is 0.426 e. The lowest BCUT2D eigenvalue weighted by Crippen LogP contribution is -2.55. The van der Waals surface area contributed by atoms with E-state index < -0.39 is 36.7 Å². The number of hydrogen-bond donors (Lipinski definition) is 4. The van der Waals surface area contributed by atoms with Gasteiger partial charge >= 0.3 is 7.12 Å². The van der Waals surface area contributed by atoms with E-state index in [-0.39, 0.29) is 22.4 Å². The quantitative estimate of drug-likeness (QED) is 0.281. The molecule has 0 radical (unpaired) electrons. The summed E-state index contributed by atoms with van der Waals surface area (Å²) in [6.45, 7) is 3.79. The Morgan fingerprint density at radius 2 is 1.74 bits per heavy atom. The Morgan fingerprint density at radius 3 is 2.32 bits per heavy atom. The summed E-state index contributed by atoms with van der Waals surface area (Å²) in [7, 11) is -1.74. The van der Waals surface area contributed by atoms with Crippen molar-refractivity contribution in [3.8, 4) is 0 Å².